The predicted molar refractivity (Wildman–Crippen MR) is 112 cm³/mol. The van der Waals surface area contributed by atoms with E-state index in [-0.39, 0.29) is 17.1 Å². The Morgan fingerprint density at radius 3 is 2.37 bits per heavy atom. The van der Waals surface area contributed by atoms with E-state index in [1.54, 1.807) is 19.1 Å². The van der Waals surface area contributed by atoms with Crippen LogP contribution in [0.2, 0.25) is 10.0 Å². The van der Waals surface area contributed by atoms with Crippen LogP contribution in [-0.2, 0) is 14.8 Å². The molecule has 0 bridgehead atoms. The normalized spacial score (nSPS) is 12.5. The summed E-state index contributed by atoms with van der Waals surface area (Å²) in [5.41, 5.74) is 2.77. The Bertz CT molecular complexity index is 961. The van der Waals surface area contributed by atoms with Crippen LogP contribution in [0.3, 0.4) is 0 Å². The van der Waals surface area contributed by atoms with Gasteiger partial charge in [-0.15, -0.1) is 0 Å². The molecule has 0 fully saturated rings. The molecule has 2 aromatic rings. The largest absolute Gasteiger partial charge is 0.324 e. The lowest BCUT2D eigenvalue weighted by atomic mass is 10.1. The molecule has 1 atom stereocenters. The van der Waals surface area contributed by atoms with Gasteiger partial charge in [0.25, 0.3) is 0 Å². The average Bonchev–Trinajstić information content (AvgIpc) is 2.56. The van der Waals surface area contributed by atoms with E-state index in [1.165, 1.54) is 12.1 Å². The Hall–Kier alpha value is -1.76. The van der Waals surface area contributed by atoms with Crippen molar-refractivity contribution in [3.63, 3.8) is 0 Å². The first-order chi connectivity index (χ1) is 12.5. The van der Waals surface area contributed by atoms with Crippen molar-refractivity contribution in [2.75, 3.05) is 15.9 Å². The molecule has 8 heteroatoms. The Morgan fingerprint density at radius 1 is 1.15 bits per heavy atom. The number of amides is 1. The van der Waals surface area contributed by atoms with Crippen molar-refractivity contribution in [2.45, 2.75) is 33.2 Å². The zero-order valence-electron chi connectivity index (χ0n) is 15.6. The summed E-state index contributed by atoms with van der Waals surface area (Å²) in [6.07, 6.45) is 1.30. The molecule has 2 rings (SSSR count). The molecule has 0 saturated heterocycles. The average molecular weight is 429 g/mol. The van der Waals surface area contributed by atoms with E-state index >= 15 is 0 Å². The van der Waals surface area contributed by atoms with Crippen molar-refractivity contribution in [2.24, 2.45) is 0 Å². The van der Waals surface area contributed by atoms with Crippen LogP contribution < -0.4 is 9.62 Å². The molecule has 27 heavy (non-hydrogen) atoms. The van der Waals surface area contributed by atoms with Gasteiger partial charge in [0.1, 0.15) is 6.04 Å². The van der Waals surface area contributed by atoms with E-state index in [4.69, 9.17) is 23.2 Å². The lowest BCUT2D eigenvalue weighted by Gasteiger charge is -2.31. The number of nitrogens with one attached hydrogen (secondary N) is 1. The molecule has 146 valence electrons. The zero-order chi connectivity index (χ0) is 20.4. The van der Waals surface area contributed by atoms with E-state index in [0.717, 1.165) is 21.7 Å². The highest BCUT2D eigenvalue weighted by molar-refractivity contribution is 7.92. The van der Waals surface area contributed by atoms with Gasteiger partial charge in [-0.3, -0.25) is 9.10 Å². The van der Waals surface area contributed by atoms with Gasteiger partial charge in [0, 0.05) is 10.7 Å². The van der Waals surface area contributed by atoms with Crippen LogP contribution in [0, 0.1) is 13.8 Å². The molecule has 1 unspecified atom stereocenters. The SMILES string of the molecule is CCC(C(=O)Nc1ccc(C)cc1C)N(c1cc(Cl)ccc1Cl)S(C)(=O)=O. The monoisotopic (exact) mass is 428 g/mol. The maximum absolute atomic E-state index is 12.9. The van der Waals surface area contributed by atoms with E-state index in [0.29, 0.717) is 10.7 Å². The smallest absolute Gasteiger partial charge is 0.248 e. The first kappa shape index (κ1) is 21.5. The molecule has 0 aliphatic heterocycles. The van der Waals surface area contributed by atoms with Crippen molar-refractivity contribution in [1.82, 2.24) is 0 Å². The van der Waals surface area contributed by atoms with Crippen LogP contribution in [0.4, 0.5) is 11.4 Å². The van der Waals surface area contributed by atoms with Crippen molar-refractivity contribution in [3.05, 3.63) is 57.6 Å². The fourth-order valence-corrected chi connectivity index (χ4v) is 4.50. The van der Waals surface area contributed by atoms with Crippen molar-refractivity contribution >= 4 is 50.5 Å². The summed E-state index contributed by atoms with van der Waals surface area (Å²) in [6, 6.07) is 9.16. The summed E-state index contributed by atoms with van der Waals surface area (Å²) in [4.78, 5) is 12.9. The lowest BCUT2D eigenvalue weighted by molar-refractivity contribution is -0.117. The molecule has 0 heterocycles. The lowest BCUT2D eigenvalue weighted by Crippen LogP contribution is -2.47. The predicted octanol–water partition coefficient (Wildman–Crippen LogP) is 4.79. The van der Waals surface area contributed by atoms with Gasteiger partial charge in [0.05, 0.1) is 17.0 Å². The van der Waals surface area contributed by atoms with E-state index < -0.39 is 22.0 Å². The van der Waals surface area contributed by atoms with Crippen LogP contribution in [0.25, 0.3) is 0 Å². The number of sulfonamides is 1. The molecular formula is C19H22Cl2N2O3S. The van der Waals surface area contributed by atoms with Gasteiger partial charge in [-0.1, -0.05) is 47.8 Å². The topological polar surface area (TPSA) is 66.5 Å². The maximum atomic E-state index is 12.9. The van der Waals surface area contributed by atoms with Gasteiger partial charge in [-0.2, -0.15) is 0 Å². The van der Waals surface area contributed by atoms with Gasteiger partial charge >= 0.3 is 0 Å². The molecule has 1 amide bonds. The van der Waals surface area contributed by atoms with Crippen LogP contribution in [0.15, 0.2) is 36.4 Å². The molecule has 2 aromatic carbocycles. The van der Waals surface area contributed by atoms with Crippen LogP contribution in [0.1, 0.15) is 24.5 Å². The number of carbonyl (C=O) groups excluding carboxylic acids is 1. The molecular weight excluding hydrogens is 407 g/mol. The molecule has 0 saturated carbocycles. The van der Waals surface area contributed by atoms with Crippen LogP contribution in [-0.4, -0.2) is 26.6 Å². The Labute approximate surface area is 170 Å². The minimum atomic E-state index is -3.79. The Morgan fingerprint density at radius 2 is 1.81 bits per heavy atom. The second-order valence-electron chi connectivity index (χ2n) is 6.39. The third-order valence-corrected chi connectivity index (χ3v) is 5.84. The minimum absolute atomic E-state index is 0.175. The summed E-state index contributed by atoms with van der Waals surface area (Å²) in [6.45, 7) is 5.58. The second-order valence-corrected chi connectivity index (χ2v) is 9.09. The summed E-state index contributed by atoms with van der Waals surface area (Å²) < 4.78 is 26.0. The fourth-order valence-electron chi connectivity index (χ4n) is 2.86. The number of carbonyl (C=O) groups is 1. The van der Waals surface area contributed by atoms with Gasteiger partial charge in [-0.05, 0) is 50.1 Å². The molecule has 0 aliphatic rings. The Kier molecular flexibility index (Phi) is 6.78. The number of rotatable bonds is 6. The number of nitrogens with zero attached hydrogens (tertiary/aromatic N) is 1. The standard InChI is InChI=1S/C19H22Cl2N2O3S/c1-5-17(19(24)22-16-9-6-12(2)10-13(16)3)23(27(4,25)26)18-11-14(20)7-8-15(18)21/h6-11,17H,5H2,1-4H3,(H,22,24). The highest BCUT2D eigenvalue weighted by Gasteiger charge is 2.33. The Balaban J connectivity index is 2.46. The van der Waals surface area contributed by atoms with E-state index in [9.17, 15) is 13.2 Å². The zero-order valence-corrected chi connectivity index (χ0v) is 17.9. The van der Waals surface area contributed by atoms with E-state index in [1.807, 2.05) is 26.0 Å². The number of aryl methyl sites for hydroxylation is 2. The van der Waals surface area contributed by atoms with Crippen molar-refractivity contribution in [3.8, 4) is 0 Å². The minimum Gasteiger partial charge on any atom is -0.324 e. The molecule has 0 aromatic heterocycles. The number of hydrogen-bond acceptors (Lipinski definition) is 3. The first-order valence-corrected chi connectivity index (χ1v) is 11.0. The maximum Gasteiger partial charge on any atom is 0.248 e. The highest BCUT2D eigenvalue weighted by Crippen LogP contribution is 2.33. The number of benzene rings is 2. The first-order valence-electron chi connectivity index (χ1n) is 8.37. The summed E-state index contributed by atoms with van der Waals surface area (Å²) in [5, 5.41) is 3.35. The van der Waals surface area contributed by atoms with Crippen LogP contribution >= 0.6 is 23.2 Å². The number of halogens is 2. The number of anilines is 2. The van der Waals surface area contributed by atoms with E-state index in [2.05, 4.69) is 5.32 Å². The summed E-state index contributed by atoms with van der Waals surface area (Å²) in [5.74, 6) is -0.439. The highest BCUT2D eigenvalue weighted by atomic mass is 35.5. The molecule has 5 nitrogen and oxygen atoms in total. The molecule has 0 spiro atoms. The van der Waals surface area contributed by atoms with Crippen LogP contribution in [0.5, 0.6) is 0 Å². The van der Waals surface area contributed by atoms with Gasteiger partial charge in [0.15, 0.2) is 0 Å². The summed E-state index contributed by atoms with van der Waals surface area (Å²) in [7, 11) is -3.79. The number of hydrogen-bond donors (Lipinski definition) is 1. The van der Waals surface area contributed by atoms with Crippen molar-refractivity contribution < 1.29 is 13.2 Å². The third-order valence-electron chi connectivity index (χ3n) is 4.12. The third kappa shape index (κ3) is 5.15. The quantitative estimate of drug-likeness (QED) is 0.718. The summed E-state index contributed by atoms with van der Waals surface area (Å²) >= 11 is 12.2. The molecule has 0 radical (unpaired) electrons. The van der Waals surface area contributed by atoms with Gasteiger partial charge < -0.3 is 5.32 Å². The molecule has 0 aliphatic carbocycles. The fraction of sp³-hybridized carbons (Fsp3) is 0.316. The second kappa shape index (κ2) is 8.50. The molecule has 1 N–H and O–H groups in total. The van der Waals surface area contributed by atoms with Crippen molar-refractivity contribution in [1.29, 1.82) is 0 Å². The van der Waals surface area contributed by atoms with Gasteiger partial charge in [-0.25, -0.2) is 8.42 Å². The van der Waals surface area contributed by atoms with Gasteiger partial charge in [0.2, 0.25) is 15.9 Å².